The van der Waals surface area contributed by atoms with Crippen molar-refractivity contribution >= 4 is 33.9 Å². The molecular formula is C26H26N4O. The molecule has 0 radical (unpaired) electrons. The summed E-state index contributed by atoms with van der Waals surface area (Å²) in [5.74, 6) is -0.0583. The van der Waals surface area contributed by atoms with E-state index in [4.69, 9.17) is 5.41 Å². The van der Waals surface area contributed by atoms with Gasteiger partial charge in [0.2, 0.25) is 0 Å². The second-order valence-electron chi connectivity index (χ2n) is 8.20. The zero-order valence-electron chi connectivity index (χ0n) is 17.7. The molecular weight excluding hydrogens is 384 g/mol. The van der Waals surface area contributed by atoms with E-state index in [2.05, 4.69) is 33.9 Å². The van der Waals surface area contributed by atoms with Crippen molar-refractivity contribution in [3.8, 4) is 0 Å². The van der Waals surface area contributed by atoms with E-state index < -0.39 is 0 Å². The van der Waals surface area contributed by atoms with Gasteiger partial charge in [-0.25, -0.2) is 4.98 Å². The second-order valence-corrected chi connectivity index (χ2v) is 8.20. The van der Waals surface area contributed by atoms with Crippen molar-refractivity contribution in [3.63, 3.8) is 0 Å². The number of hydrogen-bond donors (Lipinski definition) is 2. The van der Waals surface area contributed by atoms with Gasteiger partial charge in [0.25, 0.3) is 5.91 Å². The third-order valence-corrected chi connectivity index (χ3v) is 6.33. The van der Waals surface area contributed by atoms with Crippen LogP contribution in [0.4, 0.5) is 0 Å². The van der Waals surface area contributed by atoms with Gasteiger partial charge in [-0.3, -0.25) is 4.79 Å². The summed E-state index contributed by atoms with van der Waals surface area (Å²) in [4.78, 5) is 17.4. The van der Waals surface area contributed by atoms with E-state index >= 15 is 0 Å². The Labute approximate surface area is 181 Å². The molecule has 1 amide bonds. The topological polar surface area (TPSA) is 70.8 Å². The molecule has 0 unspecified atom stereocenters. The maximum Gasteiger partial charge on any atom is 0.251 e. The lowest BCUT2D eigenvalue weighted by molar-refractivity contribution is 0.0951. The predicted molar refractivity (Wildman–Crippen MR) is 125 cm³/mol. The number of aromatic nitrogens is 2. The van der Waals surface area contributed by atoms with Gasteiger partial charge in [0.1, 0.15) is 0 Å². The molecule has 2 aromatic heterocycles. The highest BCUT2D eigenvalue weighted by atomic mass is 16.1. The molecule has 0 atom stereocenters. The molecule has 0 spiro atoms. The van der Waals surface area contributed by atoms with E-state index in [1.54, 1.807) is 0 Å². The smallest absolute Gasteiger partial charge is 0.251 e. The average Bonchev–Trinajstić information content (AvgIpc) is 3.14. The van der Waals surface area contributed by atoms with E-state index in [1.165, 1.54) is 41.2 Å². The van der Waals surface area contributed by atoms with E-state index in [0.717, 1.165) is 35.9 Å². The van der Waals surface area contributed by atoms with Crippen molar-refractivity contribution in [1.29, 1.82) is 5.41 Å². The number of aryl methyl sites for hydroxylation is 2. The summed E-state index contributed by atoms with van der Waals surface area (Å²) >= 11 is 0. The zero-order valence-corrected chi connectivity index (χ0v) is 17.7. The van der Waals surface area contributed by atoms with Crippen molar-refractivity contribution in [2.45, 2.75) is 45.7 Å². The van der Waals surface area contributed by atoms with Crippen LogP contribution in [0.1, 0.15) is 52.6 Å². The molecule has 0 aliphatic heterocycles. The first-order chi connectivity index (χ1) is 15.2. The van der Waals surface area contributed by atoms with E-state index in [0.29, 0.717) is 17.8 Å². The fourth-order valence-corrected chi connectivity index (χ4v) is 4.79. The molecule has 1 aliphatic rings. The summed E-state index contributed by atoms with van der Waals surface area (Å²) in [5, 5.41) is 12.7. The molecule has 1 aliphatic carbocycles. The van der Waals surface area contributed by atoms with Crippen LogP contribution >= 0.6 is 0 Å². The van der Waals surface area contributed by atoms with E-state index in [1.807, 2.05) is 36.4 Å². The van der Waals surface area contributed by atoms with Gasteiger partial charge in [0.05, 0.1) is 11.2 Å². The normalized spacial score (nSPS) is 13.3. The first-order valence-corrected chi connectivity index (χ1v) is 11.0. The van der Waals surface area contributed by atoms with Gasteiger partial charge in [-0.1, -0.05) is 18.2 Å². The van der Waals surface area contributed by atoms with Crippen molar-refractivity contribution in [2.75, 3.05) is 0 Å². The number of benzene rings is 2. The molecule has 2 N–H and O–H groups in total. The van der Waals surface area contributed by atoms with Crippen LogP contribution in [-0.4, -0.2) is 21.7 Å². The van der Waals surface area contributed by atoms with E-state index in [9.17, 15) is 4.79 Å². The summed E-state index contributed by atoms with van der Waals surface area (Å²) in [5.41, 5.74) is 7.29. The van der Waals surface area contributed by atoms with Crippen molar-refractivity contribution in [3.05, 3.63) is 76.6 Å². The quantitative estimate of drug-likeness (QED) is 0.454. The van der Waals surface area contributed by atoms with Crippen molar-refractivity contribution in [2.24, 2.45) is 0 Å². The van der Waals surface area contributed by atoms with Crippen LogP contribution in [0, 0.1) is 5.41 Å². The molecule has 4 aromatic rings. The Morgan fingerprint density at radius 2 is 1.97 bits per heavy atom. The maximum atomic E-state index is 12.9. The molecule has 0 bridgehead atoms. The number of carbonyl (C=O) groups is 1. The summed E-state index contributed by atoms with van der Waals surface area (Å²) in [6.07, 6.45) is 5.95. The highest BCUT2D eigenvalue weighted by Crippen LogP contribution is 2.32. The largest absolute Gasteiger partial charge is 0.348 e. The minimum Gasteiger partial charge on any atom is -0.348 e. The Hall–Kier alpha value is -3.47. The van der Waals surface area contributed by atoms with Gasteiger partial charge in [-0.2, -0.15) is 0 Å². The molecule has 5 rings (SSSR count). The van der Waals surface area contributed by atoms with Gasteiger partial charge in [0.15, 0.2) is 0 Å². The number of carbonyl (C=O) groups excluding carboxylic acids is 1. The van der Waals surface area contributed by atoms with Gasteiger partial charge >= 0.3 is 0 Å². The van der Waals surface area contributed by atoms with Gasteiger partial charge in [-0.15, -0.1) is 0 Å². The lowest BCUT2D eigenvalue weighted by Gasteiger charge is -2.14. The molecule has 5 nitrogen and oxygen atoms in total. The third kappa shape index (κ3) is 3.50. The SMILES string of the molecule is CCn1c2c(c3cc(C(=O)NCc4ccc5ccc(C=N)nc5c4)ccc31)CCCC2. The molecule has 2 aromatic carbocycles. The molecule has 2 heterocycles. The summed E-state index contributed by atoms with van der Waals surface area (Å²) in [6.45, 7) is 3.60. The van der Waals surface area contributed by atoms with Gasteiger partial charge in [0, 0.05) is 46.9 Å². The number of pyridine rings is 1. The Balaban J connectivity index is 1.39. The molecule has 156 valence electrons. The summed E-state index contributed by atoms with van der Waals surface area (Å²) < 4.78 is 2.41. The van der Waals surface area contributed by atoms with Crippen molar-refractivity contribution in [1.82, 2.24) is 14.9 Å². The fourth-order valence-electron chi connectivity index (χ4n) is 4.79. The predicted octanol–water partition coefficient (Wildman–Crippen LogP) is 5.02. The standard InChI is InChI=1S/C26H26N4O/c1-2-30-24-6-4-3-5-21(24)22-14-19(10-12-25(22)30)26(31)28-16-17-7-8-18-9-11-20(15-27)29-23(18)13-17/h7-15,27H,2-6,16H2,1H3,(H,28,31). The molecule has 0 saturated carbocycles. The van der Waals surface area contributed by atoms with Crippen molar-refractivity contribution < 1.29 is 4.79 Å². The average molecular weight is 411 g/mol. The minimum atomic E-state index is -0.0583. The fraction of sp³-hybridized carbons (Fsp3) is 0.269. The molecule has 31 heavy (non-hydrogen) atoms. The number of amides is 1. The molecule has 0 fully saturated rings. The number of hydrogen-bond acceptors (Lipinski definition) is 3. The number of fused-ring (bicyclic) bond motifs is 4. The van der Waals surface area contributed by atoms with Crippen LogP contribution in [0.5, 0.6) is 0 Å². The van der Waals surface area contributed by atoms with Crippen LogP contribution in [0.3, 0.4) is 0 Å². The Bertz CT molecular complexity index is 1320. The zero-order chi connectivity index (χ0) is 21.4. The van der Waals surface area contributed by atoms with Gasteiger partial charge < -0.3 is 15.3 Å². The first kappa shape index (κ1) is 19.5. The minimum absolute atomic E-state index is 0.0583. The van der Waals surface area contributed by atoms with Crippen LogP contribution in [0.25, 0.3) is 21.8 Å². The Morgan fingerprint density at radius 3 is 2.81 bits per heavy atom. The highest BCUT2D eigenvalue weighted by Gasteiger charge is 2.20. The number of rotatable bonds is 5. The summed E-state index contributed by atoms with van der Waals surface area (Å²) in [7, 11) is 0. The Morgan fingerprint density at radius 1 is 1.13 bits per heavy atom. The Kier molecular flexibility index (Phi) is 5.02. The number of nitrogens with zero attached hydrogens (tertiary/aromatic N) is 2. The van der Waals surface area contributed by atoms with Crippen LogP contribution < -0.4 is 5.32 Å². The molecule has 0 saturated heterocycles. The van der Waals surface area contributed by atoms with Crippen LogP contribution in [0.2, 0.25) is 0 Å². The highest BCUT2D eigenvalue weighted by molar-refractivity contribution is 5.99. The van der Waals surface area contributed by atoms with E-state index in [-0.39, 0.29) is 5.91 Å². The monoisotopic (exact) mass is 410 g/mol. The number of nitrogens with one attached hydrogen (secondary N) is 2. The first-order valence-electron chi connectivity index (χ1n) is 11.0. The summed E-state index contributed by atoms with van der Waals surface area (Å²) in [6, 6.07) is 15.9. The third-order valence-electron chi connectivity index (χ3n) is 6.33. The van der Waals surface area contributed by atoms with Gasteiger partial charge in [-0.05, 0) is 74.1 Å². The lowest BCUT2D eigenvalue weighted by Crippen LogP contribution is -2.22. The maximum absolute atomic E-state index is 12.9. The second kappa shape index (κ2) is 7.99. The van der Waals surface area contributed by atoms with Crippen LogP contribution in [-0.2, 0) is 25.9 Å². The molecule has 5 heteroatoms. The van der Waals surface area contributed by atoms with Crippen LogP contribution in [0.15, 0.2) is 48.5 Å². The lowest BCUT2D eigenvalue weighted by atomic mass is 9.95.